The van der Waals surface area contributed by atoms with Crippen LogP contribution in [0.15, 0.2) is 49.1 Å². The molecule has 0 radical (unpaired) electrons. The van der Waals surface area contributed by atoms with E-state index in [1.54, 1.807) is 43.0 Å². The number of nitrogens with zero attached hydrogens (tertiary/aromatic N) is 4. The Labute approximate surface area is 127 Å². The Morgan fingerprint density at radius 1 is 1.27 bits per heavy atom. The number of nitrogens with one attached hydrogen (secondary N) is 1. The van der Waals surface area contributed by atoms with Crippen LogP contribution in [0.2, 0.25) is 0 Å². The summed E-state index contributed by atoms with van der Waals surface area (Å²) < 4.78 is 1.88. The number of aromatic nitrogens is 3. The topological polar surface area (TPSA) is 86.2 Å². The third-order valence-corrected chi connectivity index (χ3v) is 3.45. The minimum Gasteiger partial charge on any atom is -0.387 e. The Morgan fingerprint density at radius 2 is 2.09 bits per heavy atom. The summed E-state index contributed by atoms with van der Waals surface area (Å²) in [6.45, 7) is 0.980. The van der Waals surface area contributed by atoms with Crippen LogP contribution in [0.1, 0.15) is 22.9 Å². The highest BCUT2D eigenvalue weighted by Gasteiger charge is 2.08. The van der Waals surface area contributed by atoms with Crippen molar-refractivity contribution >= 4 is 5.65 Å². The molecule has 3 aromatic rings. The zero-order valence-electron chi connectivity index (χ0n) is 11.8. The van der Waals surface area contributed by atoms with Crippen LogP contribution in [0, 0.1) is 11.3 Å². The number of hydrogen-bond acceptors (Lipinski definition) is 5. The van der Waals surface area contributed by atoms with E-state index in [-0.39, 0.29) is 0 Å². The van der Waals surface area contributed by atoms with Crippen LogP contribution in [0.25, 0.3) is 5.65 Å². The molecule has 3 aromatic heterocycles. The zero-order valence-corrected chi connectivity index (χ0v) is 11.8. The maximum absolute atomic E-state index is 10.1. The zero-order chi connectivity index (χ0) is 15.4. The summed E-state index contributed by atoms with van der Waals surface area (Å²) in [6.07, 6.45) is 6.26. The second-order valence-electron chi connectivity index (χ2n) is 4.93. The van der Waals surface area contributed by atoms with Crippen molar-refractivity contribution in [1.29, 1.82) is 5.26 Å². The highest BCUT2D eigenvalue weighted by atomic mass is 16.3. The normalized spacial score (nSPS) is 12.2. The van der Waals surface area contributed by atoms with Gasteiger partial charge in [-0.25, -0.2) is 4.98 Å². The van der Waals surface area contributed by atoms with E-state index in [2.05, 4.69) is 21.4 Å². The molecule has 0 aliphatic carbocycles. The molecule has 6 heteroatoms. The summed E-state index contributed by atoms with van der Waals surface area (Å²) in [5, 5.41) is 22.3. The molecule has 2 N–H and O–H groups in total. The van der Waals surface area contributed by atoms with Crippen LogP contribution < -0.4 is 5.32 Å². The molecular weight excluding hydrogens is 278 g/mol. The molecule has 0 spiro atoms. The van der Waals surface area contributed by atoms with Crippen molar-refractivity contribution in [2.45, 2.75) is 12.6 Å². The molecule has 0 fully saturated rings. The number of pyridine rings is 2. The fraction of sp³-hybridized carbons (Fsp3) is 0.188. The molecule has 6 nitrogen and oxygen atoms in total. The molecule has 110 valence electrons. The Morgan fingerprint density at radius 3 is 2.86 bits per heavy atom. The van der Waals surface area contributed by atoms with Crippen molar-refractivity contribution in [3.63, 3.8) is 0 Å². The first-order valence-corrected chi connectivity index (χ1v) is 6.93. The lowest BCUT2D eigenvalue weighted by Crippen LogP contribution is -2.21. The molecule has 3 heterocycles. The number of rotatable bonds is 5. The van der Waals surface area contributed by atoms with Crippen molar-refractivity contribution in [3.8, 4) is 6.07 Å². The number of imidazole rings is 1. The molecule has 0 aromatic carbocycles. The van der Waals surface area contributed by atoms with Gasteiger partial charge in [0, 0.05) is 31.7 Å². The molecule has 0 amide bonds. The van der Waals surface area contributed by atoms with Crippen molar-refractivity contribution < 1.29 is 5.11 Å². The lowest BCUT2D eigenvalue weighted by Gasteiger charge is -2.11. The molecule has 0 saturated heterocycles. The molecule has 0 bridgehead atoms. The monoisotopic (exact) mass is 293 g/mol. The molecular formula is C16H15N5O. The van der Waals surface area contributed by atoms with Gasteiger partial charge in [-0.1, -0.05) is 0 Å². The smallest absolute Gasteiger partial charge is 0.137 e. The SMILES string of the molecule is N#Cc1ccc2ncc(CNCC(O)c3ccncc3)n2c1. The third kappa shape index (κ3) is 2.96. The molecule has 22 heavy (non-hydrogen) atoms. The van der Waals surface area contributed by atoms with Gasteiger partial charge in [-0.2, -0.15) is 5.26 Å². The van der Waals surface area contributed by atoms with Gasteiger partial charge >= 0.3 is 0 Å². The van der Waals surface area contributed by atoms with Gasteiger partial charge in [0.25, 0.3) is 0 Å². The van der Waals surface area contributed by atoms with Crippen molar-refractivity contribution in [3.05, 3.63) is 65.9 Å². The largest absolute Gasteiger partial charge is 0.387 e. The van der Waals surface area contributed by atoms with Crippen LogP contribution in [-0.2, 0) is 6.54 Å². The Bertz CT molecular complexity index is 806. The van der Waals surface area contributed by atoms with Crippen LogP contribution in [0.4, 0.5) is 0 Å². The van der Waals surface area contributed by atoms with Crippen molar-refractivity contribution in [1.82, 2.24) is 19.7 Å². The number of aliphatic hydroxyl groups is 1. The fourth-order valence-electron chi connectivity index (χ4n) is 2.27. The highest BCUT2D eigenvalue weighted by Crippen LogP contribution is 2.11. The summed E-state index contributed by atoms with van der Waals surface area (Å²) in [6, 6.07) is 9.26. The molecule has 1 unspecified atom stereocenters. The number of nitriles is 1. The summed E-state index contributed by atoms with van der Waals surface area (Å²) in [4.78, 5) is 8.22. The second-order valence-corrected chi connectivity index (χ2v) is 4.93. The molecule has 1 atom stereocenters. The number of aliphatic hydroxyl groups excluding tert-OH is 1. The van der Waals surface area contributed by atoms with E-state index in [0.29, 0.717) is 18.7 Å². The summed E-state index contributed by atoms with van der Waals surface area (Å²) in [5.41, 5.74) is 3.15. The first-order valence-electron chi connectivity index (χ1n) is 6.93. The summed E-state index contributed by atoms with van der Waals surface area (Å²) >= 11 is 0. The Hall–Kier alpha value is -2.75. The quantitative estimate of drug-likeness (QED) is 0.743. The molecule has 0 aliphatic heterocycles. The van der Waals surface area contributed by atoms with Gasteiger partial charge in [0.1, 0.15) is 11.7 Å². The van der Waals surface area contributed by atoms with Crippen molar-refractivity contribution in [2.24, 2.45) is 0 Å². The highest BCUT2D eigenvalue weighted by molar-refractivity contribution is 5.44. The van der Waals surface area contributed by atoms with E-state index >= 15 is 0 Å². The van der Waals surface area contributed by atoms with Gasteiger partial charge in [-0.3, -0.25) is 4.98 Å². The average Bonchev–Trinajstić information content (AvgIpc) is 2.98. The van der Waals surface area contributed by atoms with E-state index < -0.39 is 6.10 Å². The van der Waals surface area contributed by atoms with Crippen LogP contribution in [-0.4, -0.2) is 26.0 Å². The Kier molecular flexibility index (Phi) is 4.10. The van der Waals surface area contributed by atoms with E-state index in [4.69, 9.17) is 5.26 Å². The van der Waals surface area contributed by atoms with Gasteiger partial charge in [-0.05, 0) is 29.8 Å². The summed E-state index contributed by atoms with van der Waals surface area (Å²) in [7, 11) is 0. The van der Waals surface area contributed by atoms with E-state index in [9.17, 15) is 5.11 Å². The maximum atomic E-state index is 10.1. The second kappa shape index (κ2) is 6.35. The maximum Gasteiger partial charge on any atom is 0.137 e. The van der Waals surface area contributed by atoms with E-state index in [0.717, 1.165) is 16.9 Å². The standard InChI is InChI=1S/C16H15N5O/c17-7-12-1-2-16-20-9-14(21(16)11-12)8-19-10-15(22)13-3-5-18-6-4-13/h1-6,9,11,15,19,22H,8,10H2. The lowest BCUT2D eigenvalue weighted by molar-refractivity contribution is 0.174. The molecule has 3 rings (SSSR count). The first-order chi connectivity index (χ1) is 10.8. The van der Waals surface area contributed by atoms with Gasteiger partial charge < -0.3 is 14.8 Å². The minimum absolute atomic E-state index is 0.426. The van der Waals surface area contributed by atoms with Crippen molar-refractivity contribution in [2.75, 3.05) is 6.54 Å². The predicted molar refractivity (Wildman–Crippen MR) is 80.8 cm³/mol. The van der Waals surface area contributed by atoms with Crippen LogP contribution in [0.5, 0.6) is 0 Å². The Balaban J connectivity index is 1.66. The third-order valence-electron chi connectivity index (χ3n) is 3.45. The van der Waals surface area contributed by atoms with Crippen LogP contribution in [0.3, 0.4) is 0 Å². The number of fused-ring (bicyclic) bond motifs is 1. The predicted octanol–water partition coefficient (Wildman–Crippen LogP) is 1.42. The van der Waals surface area contributed by atoms with Crippen LogP contribution >= 0.6 is 0 Å². The molecule has 0 saturated carbocycles. The van der Waals surface area contributed by atoms with E-state index in [1.165, 1.54) is 0 Å². The van der Waals surface area contributed by atoms with Gasteiger partial charge in [-0.15, -0.1) is 0 Å². The van der Waals surface area contributed by atoms with Gasteiger partial charge in [0.15, 0.2) is 0 Å². The van der Waals surface area contributed by atoms with Gasteiger partial charge in [0.05, 0.1) is 23.6 Å². The summed E-state index contributed by atoms with van der Waals surface area (Å²) in [5.74, 6) is 0. The number of hydrogen-bond donors (Lipinski definition) is 2. The lowest BCUT2D eigenvalue weighted by atomic mass is 10.1. The molecule has 0 aliphatic rings. The first kappa shape index (κ1) is 14.2. The van der Waals surface area contributed by atoms with E-state index in [1.807, 2.05) is 10.5 Å². The fourth-order valence-corrected chi connectivity index (χ4v) is 2.27. The minimum atomic E-state index is -0.586. The van der Waals surface area contributed by atoms with Gasteiger partial charge in [0.2, 0.25) is 0 Å². The average molecular weight is 293 g/mol.